The van der Waals surface area contributed by atoms with Crippen molar-refractivity contribution < 1.29 is 9.90 Å². The van der Waals surface area contributed by atoms with E-state index in [0.717, 1.165) is 24.5 Å². The zero-order chi connectivity index (χ0) is 14.4. The minimum atomic E-state index is -0.182. The molecule has 0 atom stereocenters. The largest absolute Gasteiger partial charge is 0.395 e. The summed E-state index contributed by atoms with van der Waals surface area (Å²) in [6.45, 7) is 2.89. The molecule has 6 heteroatoms. The van der Waals surface area contributed by atoms with Gasteiger partial charge in [0.25, 0.3) is 0 Å². The van der Waals surface area contributed by atoms with Gasteiger partial charge in [-0.05, 0) is 30.5 Å². The Balaban J connectivity index is 1.89. The lowest BCUT2D eigenvalue weighted by Gasteiger charge is -2.18. The van der Waals surface area contributed by atoms with E-state index < -0.39 is 0 Å². The number of pyridine rings is 1. The van der Waals surface area contributed by atoms with Gasteiger partial charge in [-0.15, -0.1) is 0 Å². The lowest BCUT2D eigenvalue weighted by Crippen LogP contribution is -2.38. The summed E-state index contributed by atoms with van der Waals surface area (Å²) in [4.78, 5) is 19.8. The van der Waals surface area contributed by atoms with Gasteiger partial charge < -0.3 is 20.2 Å². The van der Waals surface area contributed by atoms with E-state index >= 15 is 0 Å². The number of likely N-dealkylation sites (N-methyl/N-ethyl adjacent to an activating group) is 1. The molecule has 2 rings (SSSR count). The smallest absolute Gasteiger partial charge is 0.317 e. The van der Waals surface area contributed by atoms with Crippen LogP contribution in [0.5, 0.6) is 0 Å². The van der Waals surface area contributed by atoms with Crippen LogP contribution in [-0.4, -0.2) is 54.3 Å². The second-order valence-corrected chi connectivity index (χ2v) is 5.02. The van der Waals surface area contributed by atoms with E-state index in [-0.39, 0.29) is 12.6 Å². The molecule has 110 valence electrons. The minimum Gasteiger partial charge on any atom is -0.395 e. The van der Waals surface area contributed by atoms with E-state index in [2.05, 4.69) is 15.2 Å². The van der Waals surface area contributed by atoms with Gasteiger partial charge in [-0.2, -0.15) is 0 Å². The first-order valence-electron chi connectivity index (χ1n) is 7.00. The average molecular weight is 278 g/mol. The molecule has 0 radical (unpaired) electrons. The molecule has 1 fully saturated rings. The quantitative estimate of drug-likeness (QED) is 0.836. The number of nitrogens with zero attached hydrogens (tertiary/aromatic N) is 3. The van der Waals surface area contributed by atoms with Crippen molar-refractivity contribution in [1.29, 1.82) is 0 Å². The van der Waals surface area contributed by atoms with Crippen molar-refractivity contribution in [1.82, 2.24) is 15.2 Å². The number of anilines is 1. The van der Waals surface area contributed by atoms with Crippen LogP contribution < -0.4 is 10.2 Å². The molecule has 0 unspecified atom stereocenters. The number of urea groups is 1. The monoisotopic (exact) mass is 278 g/mol. The van der Waals surface area contributed by atoms with Gasteiger partial charge in [-0.1, -0.05) is 0 Å². The highest BCUT2D eigenvalue weighted by atomic mass is 16.3. The molecular weight excluding hydrogens is 256 g/mol. The predicted octanol–water partition coefficient (Wildman–Crippen LogP) is 0.815. The second kappa shape index (κ2) is 7.09. The normalized spacial score (nSPS) is 14.4. The van der Waals surface area contributed by atoms with Gasteiger partial charge in [0.15, 0.2) is 0 Å². The Hall–Kier alpha value is -1.82. The maximum atomic E-state index is 11.7. The lowest BCUT2D eigenvalue weighted by molar-refractivity contribution is 0.190. The number of amides is 2. The first kappa shape index (κ1) is 14.6. The molecule has 0 aromatic carbocycles. The number of carbonyl (C=O) groups is 1. The van der Waals surface area contributed by atoms with E-state index in [1.54, 1.807) is 13.2 Å². The molecule has 0 aliphatic carbocycles. The molecule has 1 aliphatic rings. The van der Waals surface area contributed by atoms with E-state index in [0.29, 0.717) is 13.1 Å². The van der Waals surface area contributed by atoms with Gasteiger partial charge in [-0.25, -0.2) is 9.78 Å². The summed E-state index contributed by atoms with van der Waals surface area (Å²) in [5.74, 6) is 0.984. The zero-order valence-corrected chi connectivity index (χ0v) is 11.9. The Morgan fingerprint density at radius 1 is 1.50 bits per heavy atom. The summed E-state index contributed by atoms with van der Waals surface area (Å²) in [5.41, 5.74) is 1.03. The fourth-order valence-electron chi connectivity index (χ4n) is 2.25. The molecule has 1 aromatic rings. The summed E-state index contributed by atoms with van der Waals surface area (Å²) in [5, 5.41) is 11.6. The number of hydrogen-bond acceptors (Lipinski definition) is 4. The van der Waals surface area contributed by atoms with Crippen molar-refractivity contribution in [2.45, 2.75) is 19.4 Å². The van der Waals surface area contributed by atoms with Crippen molar-refractivity contribution in [3.8, 4) is 0 Å². The third kappa shape index (κ3) is 3.84. The summed E-state index contributed by atoms with van der Waals surface area (Å²) in [7, 11) is 1.66. The summed E-state index contributed by atoms with van der Waals surface area (Å²) >= 11 is 0. The Labute approximate surface area is 119 Å². The van der Waals surface area contributed by atoms with Crippen LogP contribution in [0.2, 0.25) is 0 Å². The number of rotatable bonds is 5. The topological polar surface area (TPSA) is 68.7 Å². The van der Waals surface area contributed by atoms with Crippen molar-refractivity contribution in [2.75, 3.05) is 38.2 Å². The number of hydrogen-bond donors (Lipinski definition) is 2. The van der Waals surface area contributed by atoms with Crippen LogP contribution in [0.4, 0.5) is 10.6 Å². The van der Waals surface area contributed by atoms with Crippen LogP contribution in [0.3, 0.4) is 0 Å². The maximum Gasteiger partial charge on any atom is 0.317 e. The molecule has 1 aliphatic heterocycles. The van der Waals surface area contributed by atoms with Gasteiger partial charge >= 0.3 is 6.03 Å². The standard InChI is InChI=1S/C14H22N4O2/c1-17(8-9-19)14(20)16-11-12-4-5-15-13(10-12)18-6-2-3-7-18/h4-5,10,19H,2-3,6-9,11H2,1H3,(H,16,20). The molecule has 6 nitrogen and oxygen atoms in total. The van der Waals surface area contributed by atoms with Gasteiger partial charge in [0.1, 0.15) is 5.82 Å². The van der Waals surface area contributed by atoms with Crippen molar-refractivity contribution >= 4 is 11.8 Å². The molecular formula is C14H22N4O2. The molecule has 1 saturated heterocycles. The number of aromatic nitrogens is 1. The van der Waals surface area contributed by atoms with Gasteiger partial charge in [0.05, 0.1) is 6.61 Å². The third-order valence-electron chi connectivity index (χ3n) is 3.47. The van der Waals surface area contributed by atoms with E-state index in [1.165, 1.54) is 17.7 Å². The maximum absolute atomic E-state index is 11.7. The molecule has 0 saturated carbocycles. The second-order valence-electron chi connectivity index (χ2n) is 5.02. The number of nitrogens with one attached hydrogen (secondary N) is 1. The molecule has 0 bridgehead atoms. The predicted molar refractivity (Wildman–Crippen MR) is 77.6 cm³/mol. The van der Waals surface area contributed by atoms with Crippen molar-refractivity contribution in [3.05, 3.63) is 23.9 Å². The van der Waals surface area contributed by atoms with Crippen molar-refractivity contribution in [3.63, 3.8) is 0 Å². The number of aliphatic hydroxyl groups excluding tert-OH is 1. The highest BCUT2D eigenvalue weighted by molar-refractivity contribution is 5.73. The number of carbonyl (C=O) groups excluding carboxylic acids is 1. The number of aliphatic hydroxyl groups is 1. The first-order chi connectivity index (χ1) is 9.70. The summed E-state index contributed by atoms with van der Waals surface area (Å²) in [6.07, 6.45) is 4.22. The molecule has 2 heterocycles. The van der Waals surface area contributed by atoms with Crippen LogP contribution in [0.25, 0.3) is 0 Å². The minimum absolute atomic E-state index is 0.0295. The van der Waals surface area contributed by atoms with E-state index in [4.69, 9.17) is 5.11 Å². The van der Waals surface area contributed by atoms with Gasteiger partial charge in [0.2, 0.25) is 0 Å². The Morgan fingerprint density at radius 2 is 2.25 bits per heavy atom. The molecule has 2 N–H and O–H groups in total. The molecule has 2 amide bonds. The lowest BCUT2D eigenvalue weighted by atomic mass is 10.2. The Kier molecular flexibility index (Phi) is 5.17. The Morgan fingerprint density at radius 3 is 2.95 bits per heavy atom. The van der Waals surface area contributed by atoms with Crippen LogP contribution >= 0.6 is 0 Å². The molecule has 0 spiro atoms. The fourth-order valence-corrected chi connectivity index (χ4v) is 2.25. The van der Waals surface area contributed by atoms with Gasteiger partial charge in [-0.3, -0.25) is 0 Å². The van der Waals surface area contributed by atoms with Gasteiger partial charge in [0, 0.05) is 39.4 Å². The van der Waals surface area contributed by atoms with Crippen LogP contribution in [-0.2, 0) is 6.54 Å². The summed E-state index contributed by atoms with van der Waals surface area (Å²) in [6, 6.07) is 3.75. The molecule has 20 heavy (non-hydrogen) atoms. The SMILES string of the molecule is CN(CCO)C(=O)NCc1ccnc(N2CCCC2)c1. The Bertz CT molecular complexity index is 447. The highest BCUT2D eigenvalue weighted by Crippen LogP contribution is 2.18. The van der Waals surface area contributed by atoms with Crippen LogP contribution in [0.1, 0.15) is 18.4 Å². The van der Waals surface area contributed by atoms with Crippen molar-refractivity contribution in [2.24, 2.45) is 0 Å². The fraction of sp³-hybridized carbons (Fsp3) is 0.571. The van der Waals surface area contributed by atoms with E-state index in [9.17, 15) is 4.79 Å². The highest BCUT2D eigenvalue weighted by Gasteiger charge is 2.14. The van der Waals surface area contributed by atoms with Crippen LogP contribution in [0.15, 0.2) is 18.3 Å². The summed E-state index contributed by atoms with van der Waals surface area (Å²) < 4.78 is 0. The first-order valence-corrected chi connectivity index (χ1v) is 7.00. The van der Waals surface area contributed by atoms with E-state index in [1.807, 2.05) is 12.1 Å². The van der Waals surface area contributed by atoms with Crippen LogP contribution in [0, 0.1) is 0 Å². The zero-order valence-electron chi connectivity index (χ0n) is 11.9. The third-order valence-corrected chi connectivity index (χ3v) is 3.47. The molecule has 1 aromatic heterocycles. The average Bonchev–Trinajstić information content (AvgIpc) is 2.99.